The van der Waals surface area contributed by atoms with Gasteiger partial charge in [0.1, 0.15) is 5.01 Å². The van der Waals surface area contributed by atoms with Gasteiger partial charge in [0.2, 0.25) is 5.01 Å². The van der Waals surface area contributed by atoms with Crippen molar-refractivity contribution in [3.05, 3.63) is 45.4 Å². The highest BCUT2D eigenvalue weighted by Crippen LogP contribution is 2.11. The van der Waals surface area contributed by atoms with Crippen molar-refractivity contribution in [2.75, 3.05) is 0 Å². The molecule has 2 aromatic rings. The highest BCUT2D eigenvalue weighted by atomic mass is 35.5. The molecule has 0 fully saturated rings. The van der Waals surface area contributed by atoms with Crippen LogP contribution in [-0.4, -0.2) is 16.1 Å². The van der Waals surface area contributed by atoms with E-state index in [4.69, 9.17) is 11.6 Å². The van der Waals surface area contributed by atoms with Crippen molar-refractivity contribution in [2.45, 2.75) is 19.3 Å². The van der Waals surface area contributed by atoms with Gasteiger partial charge in [-0.2, -0.15) is 0 Å². The number of amides is 1. The number of aryl methyl sites for hydroxylation is 1. The summed E-state index contributed by atoms with van der Waals surface area (Å²) < 4.78 is 0. The lowest BCUT2D eigenvalue weighted by atomic mass is 10.1. The first-order chi connectivity index (χ1) is 8.69. The van der Waals surface area contributed by atoms with Crippen LogP contribution in [-0.2, 0) is 12.4 Å². The molecule has 0 atom stereocenters. The van der Waals surface area contributed by atoms with E-state index >= 15 is 0 Å². The second-order valence-electron chi connectivity index (χ2n) is 3.80. The smallest absolute Gasteiger partial charge is 0.282 e. The Kier molecular flexibility index (Phi) is 4.28. The Labute approximate surface area is 114 Å². The van der Waals surface area contributed by atoms with E-state index in [1.807, 2.05) is 31.2 Å². The van der Waals surface area contributed by atoms with E-state index in [1.165, 1.54) is 16.9 Å². The minimum absolute atomic E-state index is 0.218. The summed E-state index contributed by atoms with van der Waals surface area (Å²) in [5.74, 6) is 0.0626. The second-order valence-corrected chi connectivity index (χ2v) is 5.13. The number of carbonyl (C=O) groups excluding carboxylic acids is 1. The summed E-state index contributed by atoms with van der Waals surface area (Å²) in [5.41, 5.74) is 2.25. The summed E-state index contributed by atoms with van der Waals surface area (Å²) in [4.78, 5) is 11.8. The predicted octanol–water partition coefficient (Wildman–Crippen LogP) is 2.52. The van der Waals surface area contributed by atoms with Gasteiger partial charge >= 0.3 is 0 Å². The molecule has 0 spiro atoms. The number of carbonyl (C=O) groups is 1. The fraction of sp³-hybridized carbons (Fsp3) is 0.250. The Bertz CT molecular complexity index is 539. The SMILES string of the molecule is Cc1ccc(CNC(=O)c2nnc(CCl)s2)cc1. The molecule has 0 saturated heterocycles. The maximum absolute atomic E-state index is 11.8. The van der Waals surface area contributed by atoms with Crippen LogP contribution in [0.15, 0.2) is 24.3 Å². The van der Waals surface area contributed by atoms with Gasteiger partial charge in [-0.3, -0.25) is 4.79 Å². The van der Waals surface area contributed by atoms with Gasteiger partial charge in [0.05, 0.1) is 5.88 Å². The van der Waals surface area contributed by atoms with Crippen LogP contribution in [0, 0.1) is 6.92 Å². The van der Waals surface area contributed by atoms with Crippen LogP contribution < -0.4 is 5.32 Å². The normalized spacial score (nSPS) is 10.3. The van der Waals surface area contributed by atoms with Gasteiger partial charge in [0, 0.05) is 6.54 Å². The van der Waals surface area contributed by atoms with Crippen LogP contribution in [0.4, 0.5) is 0 Å². The minimum Gasteiger partial charge on any atom is -0.346 e. The van der Waals surface area contributed by atoms with E-state index < -0.39 is 0 Å². The number of benzene rings is 1. The van der Waals surface area contributed by atoms with Crippen molar-refractivity contribution < 1.29 is 4.79 Å². The molecule has 18 heavy (non-hydrogen) atoms. The van der Waals surface area contributed by atoms with Crippen molar-refractivity contribution in [3.63, 3.8) is 0 Å². The van der Waals surface area contributed by atoms with Gasteiger partial charge in [-0.1, -0.05) is 41.2 Å². The third kappa shape index (κ3) is 3.27. The average Bonchev–Trinajstić information content (AvgIpc) is 2.86. The molecule has 0 saturated carbocycles. The fourth-order valence-corrected chi connectivity index (χ4v) is 2.19. The number of alkyl halides is 1. The average molecular weight is 282 g/mol. The molecule has 2 rings (SSSR count). The second kappa shape index (κ2) is 5.93. The summed E-state index contributed by atoms with van der Waals surface area (Å²) in [6.45, 7) is 2.51. The highest BCUT2D eigenvalue weighted by Gasteiger charge is 2.11. The van der Waals surface area contributed by atoms with Crippen molar-refractivity contribution in [1.29, 1.82) is 0 Å². The summed E-state index contributed by atoms with van der Waals surface area (Å²) in [7, 11) is 0. The van der Waals surface area contributed by atoms with Crippen molar-refractivity contribution >= 4 is 28.8 Å². The van der Waals surface area contributed by atoms with Crippen LogP contribution in [0.3, 0.4) is 0 Å². The minimum atomic E-state index is -0.218. The molecule has 1 aromatic carbocycles. The van der Waals surface area contributed by atoms with E-state index in [-0.39, 0.29) is 11.8 Å². The predicted molar refractivity (Wildman–Crippen MR) is 71.8 cm³/mol. The van der Waals surface area contributed by atoms with Crippen LogP contribution in [0.25, 0.3) is 0 Å². The summed E-state index contributed by atoms with van der Waals surface area (Å²) in [6, 6.07) is 8.00. The molecule has 0 aliphatic heterocycles. The first kappa shape index (κ1) is 13.0. The van der Waals surface area contributed by atoms with Gasteiger partial charge in [0.15, 0.2) is 0 Å². The first-order valence-corrected chi connectivity index (χ1v) is 6.76. The number of hydrogen-bond acceptors (Lipinski definition) is 4. The number of hydrogen-bond donors (Lipinski definition) is 1. The van der Waals surface area contributed by atoms with Crippen LogP contribution >= 0.6 is 22.9 Å². The molecule has 1 N–H and O–H groups in total. The monoisotopic (exact) mass is 281 g/mol. The number of nitrogens with one attached hydrogen (secondary N) is 1. The summed E-state index contributed by atoms with van der Waals surface area (Å²) >= 11 is 6.82. The maximum atomic E-state index is 11.8. The first-order valence-electron chi connectivity index (χ1n) is 5.41. The van der Waals surface area contributed by atoms with E-state index in [2.05, 4.69) is 15.5 Å². The molecule has 0 aliphatic rings. The largest absolute Gasteiger partial charge is 0.346 e. The molecule has 4 nitrogen and oxygen atoms in total. The van der Waals surface area contributed by atoms with Gasteiger partial charge in [0.25, 0.3) is 5.91 Å². The van der Waals surface area contributed by atoms with Gasteiger partial charge in [-0.15, -0.1) is 21.8 Å². The zero-order valence-corrected chi connectivity index (χ0v) is 11.4. The molecular weight excluding hydrogens is 270 g/mol. The van der Waals surface area contributed by atoms with Gasteiger partial charge in [-0.05, 0) is 12.5 Å². The van der Waals surface area contributed by atoms with Gasteiger partial charge < -0.3 is 5.32 Å². The van der Waals surface area contributed by atoms with E-state index in [1.54, 1.807) is 0 Å². The Morgan fingerprint density at radius 2 is 2.06 bits per heavy atom. The zero-order chi connectivity index (χ0) is 13.0. The number of nitrogens with zero attached hydrogens (tertiary/aromatic N) is 2. The lowest BCUT2D eigenvalue weighted by molar-refractivity contribution is 0.0950. The maximum Gasteiger partial charge on any atom is 0.282 e. The Balaban J connectivity index is 1.93. The van der Waals surface area contributed by atoms with Crippen molar-refractivity contribution in [3.8, 4) is 0 Å². The molecule has 0 radical (unpaired) electrons. The Morgan fingerprint density at radius 1 is 1.33 bits per heavy atom. The summed E-state index contributed by atoms with van der Waals surface area (Å²) in [6.07, 6.45) is 0. The lowest BCUT2D eigenvalue weighted by Crippen LogP contribution is -2.22. The third-order valence-electron chi connectivity index (χ3n) is 2.35. The molecule has 0 bridgehead atoms. The Morgan fingerprint density at radius 3 is 2.67 bits per heavy atom. The third-order valence-corrected chi connectivity index (χ3v) is 3.68. The molecule has 0 unspecified atom stereocenters. The fourth-order valence-electron chi connectivity index (χ4n) is 1.36. The van der Waals surface area contributed by atoms with E-state index in [0.29, 0.717) is 16.6 Å². The molecular formula is C12H12ClN3OS. The standard InChI is InChI=1S/C12H12ClN3OS/c1-8-2-4-9(5-3-8)7-14-11(17)12-16-15-10(6-13)18-12/h2-5H,6-7H2,1H3,(H,14,17). The lowest BCUT2D eigenvalue weighted by Gasteiger charge is -2.03. The van der Waals surface area contributed by atoms with E-state index in [9.17, 15) is 4.79 Å². The summed E-state index contributed by atoms with van der Waals surface area (Å²) in [5, 5.41) is 11.4. The van der Waals surface area contributed by atoms with E-state index in [0.717, 1.165) is 5.56 Å². The number of rotatable bonds is 4. The van der Waals surface area contributed by atoms with Crippen molar-refractivity contribution in [1.82, 2.24) is 15.5 Å². The van der Waals surface area contributed by atoms with Gasteiger partial charge in [-0.25, -0.2) is 0 Å². The zero-order valence-electron chi connectivity index (χ0n) is 9.81. The van der Waals surface area contributed by atoms with Crippen LogP contribution in [0.1, 0.15) is 25.9 Å². The van der Waals surface area contributed by atoms with Crippen LogP contribution in [0.5, 0.6) is 0 Å². The molecule has 94 valence electrons. The molecule has 1 heterocycles. The Hall–Kier alpha value is -1.46. The van der Waals surface area contributed by atoms with Crippen molar-refractivity contribution in [2.24, 2.45) is 0 Å². The van der Waals surface area contributed by atoms with Crippen LogP contribution in [0.2, 0.25) is 0 Å². The molecule has 6 heteroatoms. The quantitative estimate of drug-likeness (QED) is 0.876. The molecule has 1 aromatic heterocycles. The highest BCUT2D eigenvalue weighted by molar-refractivity contribution is 7.13. The molecule has 1 amide bonds. The molecule has 0 aliphatic carbocycles. The topological polar surface area (TPSA) is 54.9 Å². The number of halogens is 1. The number of aromatic nitrogens is 2.